The zero-order valence-electron chi connectivity index (χ0n) is 34.3. The largest absolute Gasteiger partial charge is 0.374 e. The van der Waals surface area contributed by atoms with Gasteiger partial charge in [-0.05, 0) is 110 Å². The van der Waals surface area contributed by atoms with Gasteiger partial charge in [0.1, 0.15) is 0 Å². The lowest BCUT2D eigenvalue weighted by Crippen LogP contribution is -2.61. The van der Waals surface area contributed by atoms with Gasteiger partial charge in [-0.15, -0.1) is 0 Å². The molecule has 0 unspecified atom stereocenters. The summed E-state index contributed by atoms with van der Waals surface area (Å²) in [6.45, 7) is 13.7. The average molecular weight is 778 g/mol. The normalized spacial score (nSPS) is 13.8. The van der Waals surface area contributed by atoms with Gasteiger partial charge in [0.05, 0.1) is 16.7 Å². The highest BCUT2D eigenvalue weighted by molar-refractivity contribution is 7.99. The van der Waals surface area contributed by atoms with Crippen molar-refractivity contribution in [2.24, 2.45) is 0 Å². The molecule has 0 amide bonds. The van der Waals surface area contributed by atoms with Crippen molar-refractivity contribution in [1.29, 1.82) is 0 Å². The summed E-state index contributed by atoms with van der Waals surface area (Å²) in [7, 11) is 0. The molecule has 1 aromatic heterocycles. The lowest BCUT2D eigenvalue weighted by molar-refractivity contribution is 0.590. The van der Waals surface area contributed by atoms with E-state index in [0.717, 1.165) is 17.1 Å². The minimum atomic E-state index is -0.0119. The standard InChI is InChI=1S/C54H44BN3S/c1-53(2,3)34-22-26-36(27-23-34)56(37-28-24-35(25-29-37)54(4,5)6)38-31-42-40-15-12-20-48-52(40)58(44-18-9-10-19-47(44)59-48)55-43-17-11-16-41-49-39-14-8-7-13-33(39)21-30-45(49)57(51(41)43)46(32-38)50(42)55/h7-32H,1-6H3. The predicted octanol–water partition coefficient (Wildman–Crippen LogP) is 13.7. The van der Waals surface area contributed by atoms with Gasteiger partial charge in [0.25, 0.3) is 0 Å². The van der Waals surface area contributed by atoms with E-state index in [2.05, 4.69) is 214 Å². The Bertz CT molecular complexity index is 3160. The van der Waals surface area contributed by atoms with Crippen molar-refractivity contribution >= 4 is 90.6 Å². The average Bonchev–Trinajstić information content (AvgIpc) is 3.59. The van der Waals surface area contributed by atoms with Crippen molar-refractivity contribution in [3.8, 4) is 16.8 Å². The Balaban J connectivity index is 1.21. The minimum Gasteiger partial charge on any atom is -0.374 e. The Morgan fingerprint density at radius 1 is 0.525 bits per heavy atom. The van der Waals surface area contributed by atoms with Gasteiger partial charge in [0.2, 0.25) is 0 Å². The first-order valence-electron chi connectivity index (χ1n) is 20.9. The summed E-state index contributed by atoms with van der Waals surface area (Å²) < 4.78 is 2.61. The molecule has 8 aromatic carbocycles. The van der Waals surface area contributed by atoms with E-state index >= 15 is 0 Å². The SMILES string of the molecule is CC(C)(C)c1ccc(N(c2ccc(C(C)(C)C)cc2)c2cc3c4c(c2)-n2c5ccc6ccccc6c5c5cccc(c52)B4N2c4ccccc4Sc4cccc-3c42)cc1. The van der Waals surface area contributed by atoms with Crippen LogP contribution >= 0.6 is 11.8 Å². The van der Waals surface area contributed by atoms with Gasteiger partial charge in [0.15, 0.2) is 0 Å². The van der Waals surface area contributed by atoms with E-state index in [9.17, 15) is 0 Å². The summed E-state index contributed by atoms with van der Waals surface area (Å²) in [4.78, 5) is 7.75. The molecule has 5 heteroatoms. The number of fused-ring (bicyclic) bond motifs is 11. The number of hydrogen-bond donors (Lipinski definition) is 0. The first-order valence-corrected chi connectivity index (χ1v) is 21.7. The molecule has 0 spiro atoms. The van der Waals surface area contributed by atoms with Gasteiger partial charge in [-0.25, -0.2) is 0 Å². The molecule has 3 aliphatic rings. The van der Waals surface area contributed by atoms with Crippen molar-refractivity contribution in [3.05, 3.63) is 169 Å². The molecular formula is C54H44BN3S. The summed E-state index contributed by atoms with van der Waals surface area (Å²) >= 11 is 1.90. The topological polar surface area (TPSA) is 11.4 Å². The summed E-state index contributed by atoms with van der Waals surface area (Å²) in [5, 5.41) is 5.18. The number of nitrogens with zero attached hydrogens (tertiary/aromatic N) is 3. The van der Waals surface area contributed by atoms with Crippen molar-refractivity contribution < 1.29 is 0 Å². The molecule has 0 aliphatic carbocycles. The maximum atomic E-state index is 2.67. The second-order valence-corrected chi connectivity index (χ2v) is 19.7. The third-order valence-corrected chi connectivity index (χ3v) is 14.1. The molecule has 0 radical (unpaired) electrons. The molecule has 0 N–H and O–H groups in total. The number of hydrogen-bond acceptors (Lipinski definition) is 3. The molecule has 0 atom stereocenters. The first-order chi connectivity index (χ1) is 28.5. The van der Waals surface area contributed by atoms with Crippen LogP contribution in [-0.4, -0.2) is 11.4 Å². The predicted molar refractivity (Wildman–Crippen MR) is 254 cm³/mol. The van der Waals surface area contributed by atoms with Crippen LogP contribution < -0.4 is 20.6 Å². The molecule has 3 nitrogen and oxygen atoms in total. The highest BCUT2D eigenvalue weighted by atomic mass is 32.2. The van der Waals surface area contributed by atoms with Gasteiger partial charge >= 0.3 is 6.85 Å². The summed E-state index contributed by atoms with van der Waals surface area (Å²) in [5.41, 5.74) is 17.8. The van der Waals surface area contributed by atoms with Crippen LogP contribution in [0, 0.1) is 0 Å². The van der Waals surface area contributed by atoms with Crippen molar-refractivity contribution in [2.75, 3.05) is 9.71 Å². The van der Waals surface area contributed by atoms with Crippen LogP contribution in [0.2, 0.25) is 0 Å². The lowest BCUT2D eigenvalue weighted by atomic mass is 9.44. The monoisotopic (exact) mass is 777 g/mol. The number of anilines is 5. The molecule has 12 rings (SSSR count). The first kappa shape index (κ1) is 34.8. The van der Waals surface area contributed by atoms with Gasteiger partial charge in [-0.1, -0.05) is 150 Å². The summed E-state index contributed by atoms with van der Waals surface area (Å²) in [5.74, 6) is 0. The third kappa shape index (κ3) is 4.98. The van der Waals surface area contributed by atoms with Crippen LogP contribution in [0.4, 0.5) is 28.4 Å². The zero-order valence-corrected chi connectivity index (χ0v) is 35.2. The minimum absolute atomic E-state index is 0.0119. The van der Waals surface area contributed by atoms with E-state index in [0.29, 0.717) is 0 Å². The smallest absolute Gasteiger partial charge is 0.333 e. The van der Waals surface area contributed by atoms with Gasteiger partial charge in [0, 0.05) is 54.6 Å². The Morgan fingerprint density at radius 2 is 1.17 bits per heavy atom. The summed E-state index contributed by atoms with van der Waals surface area (Å²) in [6, 6.07) is 60.0. The second-order valence-electron chi connectivity index (χ2n) is 18.6. The fraction of sp³-hybridized carbons (Fsp3) is 0.148. The molecule has 59 heavy (non-hydrogen) atoms. The molecule has 0 fully saturated rings. The lowest BCUT2D eigenvalue weighted by Gasteiger charge is -2.45. The van der Waals surface area contributed by atoms with Gasteiger partial charge in [-0.2, -0.15) is 0 Å². The Morgan fingerprint density at radius 3 is 1.90 bits per heavy atom. The Kier molecular flexibility index (Phi) is 7.20. The van der Waals surface area contributed by atoms with E-state index in [4.69, 9.17) is 0 Å². The van der Waals surface area contributed by atoms with Crippen LogP contribution in [0.5, 0.6) is 0 Å². The van der Waals surface area contributed by atoms with Crippen LogP contribution in [0.15, 0.2) is 168 Å². The van der Waals surface area contributed by atoms with E-state index < -0.39 is 0 Å². The Hall–Kier alpha value is -6.17. The van der Waals surface area contributed by atoms with Gasteiger partial charge in [-0.3, -0.25) is 0 Å². The number of benzene rings is 8. The number of rotatable bonds is 3. The van der Waals surface area contributed by atoms with Crippen molar-refractivity contribution in [3.63, 3.8) is 0 Å². The molecule has 284 valence electrons. The van der Waals surface area contributed by atoms with E-state index in [-0.39, 0.29) is 17.7 Å². The molecule has 4 heterocycles. The molecule has 0 saturated carbocycles. The highest BCUT2D eigenvalue weighted by Crippen LogP contribution is 2.55. The molecular weight excluding hydrogens is 733 g/mol. The van der Waals surface area contributed by atoms with Gasteiger partial charge < -0.3 is 14.3 Å². The van der Waals surface area contributed by atoms with Crippen LogP contribution in [-0.2, 0) is 10.8 Å². The quantitative estimate of drug-likeness (QED) is 0.166. The van der Waals surface area contributed by atoms with E-state index in [1.807, 2.05) is 11.8 Å². The van der Waals surface area contributed by atoms with E-state index in [1.165, 1.54) is 92.6 Å². The zero-order chi connectivity index (χ0) is 39.9. The molecule has 0 saturated heterocycles. The van der Waals surface area contributed by atoms with Crippen LogP contribution in [0.1, 0.15) is 52.7 Å². The molecule has 9 aromatic rings. The van der Waals surface area contributed by atoms with Crippen LogP contribution in [0.3, 0.4) is 0 Å². The van der Waals surface area contributed by atoms with Crippen LogP contribution in [0.25, 0.3) is 49.4 Å². The molecule has 0 bridgehead atoms. The van der Waals surface area contributed by atoms with Crippen molar-refractivity contribution in [1.82, 2.24) is 4.57 Å². The third-order valence-electron chi connectivity index (χ3n) is 13.0. The maximum Gasteiger partial charge on any atom is 0.333 e. The fourth-order valence-electron chi connectivity index (χ4n) is 10.2. The number of para-hydroxylation sites is 3. The maximum absolute atomic E-state index is 2.67. The van der Waals surface area contributed by atoms with E-state index in [1.54, 1.807) is 0 Å². The molecule has 3 aliphatic heterocycles. The Labute approximate surface area is 351 Å². The van der Waals surface area contributed by atoms with Crippen molar-refractivity contribution in [2.45, 2.75) is 62.2 Å². The second kappa shape index (κ2) is 12.2. The number of aromatic nitrogens is 1. The fourth-order valence-corrected chi connectivity index (χ4v) is 11.3. The highest BCUT2D eigenvalue weighted by Gasteiger charge is 2.46. The summed E-state index contributed by atoms with van der Waals surface area (Å²) in [6.07, 6.45) is 0.